The van der Waals surface area contributed by atoms with Crippen LogP contribution in [0.15, 0.2) is 18.2 Å². The number of hydrogen-bond acceptors (Lipinski definition) is 1. The predicted octanol–water partition coefficient (Wildman–Crippen LogP) is 4.05. The molecule has 90 valence electrons. The first kappa shape index (κ1) is 11.1. The number of halogens is 1. The molecule has 3 heteroatoms. The zero-order valence-corrected chi connectivity index (χ0v) is 11.0. The van der Waals surface area contributed by atoms with Gasteiger partial charge in [0.15, 0.2) is 0 Å². The summed E-state index contributed by atoms with van der Waals surface area (Å²) in [5.41, 5.74) is 3.58. The van der Waals surface area contributed by atoms with Gasteiger partial charge in [0.1, 0.15) is 5.82 Å². The van der Waals surface area contributed by atoms with Crippen molar-refractivity contribution in [3.05, 3.63) is 29.6 Å². The lowest BCUT2D eigenvalue weighted by atomic mass is 10.2. The van der Waals surface area contributed by atoms with Crippen molar-refractivity contribution in [2.75, 3.05) is 0 Å². The molecule has 0 spiro atoms. The van der Waals surface area contributed by atoms with Crippen LogP contribution in [-0.2, 0) is 6.54 Å². The first-order valence-corrected chi connectivity index (χ1v) is 6.69. The quantitative estimate of drug-likeness (QED) is 0.750. The maximum atomic E-state index is 6.24. The van der Waals surface area contributed by atoms with Crippen LogP contribution >= 0.6 is 11.6 Å². The topological polar surface area (TPSA) is 17.8 Å². The minimum atomic E-state index is -0.0264. The number of aromatic nitrogens is 2. The summed E-state index contributed by atoms with van der Waals surface area (Å²) in [6.45, 7) is 5.20. The number of nitrogens with zero attached hydrogens (tertiary/aromatic N) is 2. The van der Waals surface area contributed by atoms with E-state index in [2.05, 4.69) is 34.7 Å². The summed E-state index contributed by atoms with van der Waals surface area (Å²) in [5.74, 6) is 1.85. The van der Waals surface area contributed by atoms with Gasteiger partial charge >= 0.3 is 0 Å². The van der Waals surface area contributed by atoms with Crippen molar-refractivity contribution < 1.29 is 0 Å². The molecule has 1 unspecified atom stereocenters. The van der Waals surface area contributed by atoms with E-state index >= 15 is 0 Å². The highest BCUT2D eigenvalue weighted by atomic mass is 35.5. The number of aryl methyl sites for hydroxylation is 1. The van der Waals surface area contributed by atoms with Gasteiger partial charge in [-0.15, -0.1) is 11.6 Å². The molecule has 1 heterocycles. The molecule has 0 amide bonds. The van der Waals surface area contributed by atoms with Gasteiger partial charge in [0.05, 0.1) is 16.4 Å². The molecule has 1 atom stereocenters. The lowest BCUT2D eigenvalue weighted by Gasteiger charge is -2.09. The monoisotopic (exact) mass is 248 g/mol. The molecule has 1 aliphatic rings. The van der Waals surface area contributed by atoms with Crippen molar-refractivity contribution in [1.82, 2.24) is 9.55 Å². The predicted molar refractivity (Wildman–Crippen MR) is 71.5 cm³/mol. The first-order chi connectivity index (χ1) is 8.15. The molecular weight excluding hydrogens is 232 g/mol. The zero-order chi connectivity index (χ0) is 12.0. The van der Waals surface area contributed by atoms with Crippen LogP contribution in [-0.4, -0.2) is 9.55 Å². The minimum Gasteiger partial charge on any atom is -0.326 e. The number of hydrogen-bond donors (Lipinski definition) is 0. The molecule has 1 aromatic heterocycles. The first-order valence-electron chi connectivity index (χ1n) is 6.26. The highest BCUT2D eigenvalue weighted by molar-refractivity contribution is 6.20. The van der Waals surface area contributed by atoms with Crippen LogP contribution in [0.25, 0.3) is 11.0 Å². The van der Waals surface area contributed by atoms with Gasteiger partial charge in [-0.1, -0.05) is 6.07 Å². The molecule has 2 nitrogen and oxygen atoms in total. The fourth-order valence-corrected chi connectivity index (χ4v) is 2.47. The molecule has 1 fully saturated rings. The zero-order valence-electron chi connectivity index (χ0n) is 10.3. The molecule has 1 aliphatic carbocycles. The van der Waals surface area contributed by atoms with Crippen LogP contribution in [0.4, 0.5) is 0 Å². The Hall–Kier alpha value is -1.02. The van der Waals surface area contributed by atoms with Crippen molar-refractivity contribution >= 4 is 22.6 Å². The number of imidazole rings is 1. The van der Waals surface area contributed by atoms with Crippen molar-refractivity contribution in [3.63, 3.8) is 0 Å². The Morgan fingerprint density at radius 3 is 2.88 bits per heavy atom. The lowest BCUT2D eigenvalue weighted by molar-refractivity contribution is 0.610. The number of fused-ring (bicyclic) bond motifs is 1. The van der Waals surface area contributed by atoms with Gasteiger partial charge < -0.3 is 4.57 Å². The Bertz CT molecular complexity index is 553. The molecule has 0 N–H and O–H groups in total. The van der Waals surface area contributed by atoms with Crippen molar-refractivity contribution in [1.29, 1.82) is 0 Å². The van der Waals surface area contributed by atoms with Crippen LogP contribution in [0.1, 0.15) is 36.5 Å². The van der Waals surface area contributed by atoms with E-state index in [0.29, 0.717) is 0 Å². The van der Waals surface area contributed by atoms with E-state index < -0.39 is 0 Å². The van der Waals surface area contributed by atoms with E-state index in [1.54, 1.807) is 0 Å². The minimum absolute atomic E-state index is 0.0264. The molecule has 0 radical (unpaired) electrons. The molecule has 3 rings (SSSR count). The van der Waals surface area contributed by atoms with Crippen LogP contribution in [0.5, 0.6) is 0 Å². The molecule has 2 aromatic rings. The summed E-state index contributed by atoms with van der Waals surface area (Å²) >= 11 is 6.24. The fraction of sp³-hybridized carbons (Fsp3) is 0.500. The van der Waals surface area contributed by atoms with E-state index in [-0.39, 0.29) is 5.38 Å². The van der Waals surface area contributed by atoms with Crippen LogP contribution in [0.2, 0.25) is 0 Å². The van der Waals surface area contributed by atoms with E-state index in [9.17, 15) is 0 Å². The van der Waals surface area contributed by atoms with Gasteiger partial charge in [0.2, 0.25) is 0 Å². The second-order valence-electron chi connectivity index (χ2n) is 5.13. The largest absolute Gasteiger partial charge is 0.326 e. The summed E-state index contributed by atoms with van der Waals surface area (Å²) in [7, 11) is 0. The van der Waals surface area contributed by atoms with E-state index in [1.165, 1.54) is 23.9 Å². The SMILES string of the molecule is Cc1ccc2nc(C(C)Cl)n(CC3CC3)c2c1. The summed E-state index contributed by atoms with van der Waals surface area (Å²) in [4.78, 5) is 4.67. The van der Waals surface area contributed by atoms with E-state index in [0.717, 1.165) is 23.8 Å². The van der Waals surface area contributed by atoms with Gasteiger partial charge in [-0.2, -0.15) is 0 Å². The summed E-state index contributed by atoms with van der Waals surface area (Å²) in [6, 6.07) is 6.42. The average molecular weight is 249 g/mol. The third-order valence-corrected chi connectivity index (χ3v) is 3.62. The Morgan fingerprint density at radius 1 is 1.47 bits per heavy atom. The van der Waals surface area contributed by atoms with Crippen LogP contribution < -0.4 is 0 Å². The lowest BCUT2D eigenvalue weighted by Crippen LogP contribution is -2.05. The van der Waals surface area contributed by atoms with E-state index in [4.69, 9.17) is 11.6 Å². The number of alkyl halides is 1. The van der Waals surface area contributed by atoms with Gasteiger partial charge in [0.25, 0.3) is 0 Å². The Kier molecular flexibility index (Phi) is 2.62. The van der Waals surface area contributed by atoms with E-state index in [1.807, 2.05) is 6.92 Å². The standard InChI is InChI=1S/C14H17ClN2/c1-9-3-6-12-13(7-9)17(8-11-4-5-11)14(16-12)10(2)15/h3,6-7,10-11H,4-5,8H2,1-2H3. The Labute approximate surface area is 107 Å². The van der Waals surface area contributed by atoms with Gasteiger partial charge in [-0.3, -0.25) is 0 Å². The normalized spacial score (nSPS) is 17.6. The smallest absolute Gasteiger partial charge is 0.127 e. The number of rotatable bonds is 3. The Balaban J connectivity index is 2.16. The molecular formula is C14H17ClN2. The van der Waals surface area contributed by atoms with Gasteiger partial charge in [-0.25, -0.2) is 4.98 Å². The molecule has 17 heavy (non-hydrogen) atoms. The van der Waals surface area contributed by atoms with Crippen molar-refractivity contribution in [2.45, 2.75) is 38.6 Å². The molecule has 1 aromatic carbocycles. The second-order valence-corrected chi connectivity index (χ2v) is 5.79. The maximum absolute atomic E-state index is 6.24. The highest BCUT2D eigenvalue weighted by Crippen LogP contribution is 2.34. The number of benzene rings is 1. The summed E-state index contributed by atoms with van der Waals surface area (Å²) in [5, 5.41) is -0.0264. The van der Waals surface area contributed by atoms with Crippen LogP contribution in [0.3, 0.4) is 0 Å². The highest BCUT2D eigenvalue weighted by Gasteiger charge is 2.25. The van der Waals surface area contributed by atoms with Crippen LogP contribution in [0, 0.1) is 12.8 Å². The van der Waals surface area contributed by atoms with Gasteiger partial charge in [0, 0.05) is 6.54 Å². The molecule has 1 saturated carbocycles. The third-order valence-electron chi connectivity index (χ3n) is 3.43. The molecule has 0 saturated heterocycles. The summed E-state index contributed by atoms with van der Waals surface area (Å²) < 4.78 is 2.32. The van der Waals surface area contributed by atoms with Gasteiger partial charge in [-0.05, 0) is 50.3 Å². The van der Waals surface area contributed by atoms with Crippen molar-refractivity contribution in [2.24, 2.45) is 5.92 Å². The average Bonchev–Trinajstić information content (AvgIpc) is 3.01. The summed E-state index contributed by atoms with van der Waals surface area (Å²) in [6.07, 6.45) is 2.70. The second kappa shape index (κ2) is 4.02. The third kappa shape index (κ3) is 2.06. The molecule has 0 aliphatic heterocycles. The fourth-order valence-electron chi connectivity index (χ4n) is 2.31. The Morgan fingerprint density at radius 2 is 2.24 bits per heavy atom. The maximum Gasteiger partial charge on any atom is 0.127 e. The van der Waals surface area contributed by atoms with Crippen molar-refractivity contribution in [3.8, 4) is 0 Å². The molecule has 0 bridgehead atoms.